The topological polar surface area (TPSA) is 69.8 Å². The molecule has 1 amide bonds. The fourth-order valence-corrected chi connectivity index (χ4v) is 0.348. The third-order valence-electron chi connectivity index (χ3n) is 0.605. The molecule has 7 heteroatoms. The van der Waals surface area contributed by atoms with E-state index < -0.39 is 0 Å². The van der Waals surface area contributed by atoms with Gasteiger partial charge in [0.1, 0.15) is 6.61 Å². The van der Waals surface area contributed by atoms with Gasteiger partial charge in [0.25, 0.3) is 0 Å². The number of rotatable bonds is 0. The third kappa shape index (κ3) is 8.10. The second-order valence-electron chi connectivity index (χ2n) is 1.06. The summed E-state index contributed by atoms with van der Waals surface area (Å²) in [6.07, 6.45) is -0.296. The first-order valence-electron chi connectivity index (χ1n) is 1.80. The molecule has 0 bridgehead atoms. The predicted molar refractivity (Wildman–Crippen MR) is 44.7 cm³/mol. The highest BCUT2D eigenvalue weighted by Gasteiger charge is 2.06. The molecule has 3 N–H and O–H groups in total. The fourth-order valence-electron chi connectivity index (χ4n) is 0.348. The number of carbonyl (C=O) groups excluding carboxylic acids is 1. The zero-order chi connectivity index (χ0) is 4.41. The van der Waals surface area contributed by atoms with Gasteiger partial charge in [-0.1, -0.05) is 0 Å². The number of alkyl carbamates (subject to hydrolysis) is 1. The number of amides is 1. The molecule has 1 aliphatic heterocycles. The fraction of sp³-hybridized carbons (Fsp3) is 0.667. The normalized spacial score (nSPS) is 11.8. The van der Waals surface area contributed by atoms with Crippen LogP contribution in [-0.4, -0.2) is 24.7 Å². The van der Waals surface area contributed by atoms with Gasteiger partial charge in [0.2, 0.25) is 0 Å². The van der Waals surface area contributed by atoms with Crippen LogP contribution >= 0.6 is 37.2 Å². The molecule has 1 aliphatic rings. The Kier molecular flexibility index (Phi) is 26.6. The summed E-state index contributed by atoms with van der Waals surface area (Å²) in [5.74, 6) is 0. The monoisotopic (exact) mass is 213 g/mol. The van der Waals surface area contributed by atoms with Gasteiger partial charge in [-0.2, -0.15) is 0 Å². The first-order valence-corrected chi connectivity index (χ1v) is 1.80. The van der Waals surface area contributed by atoms with E-state index in [0.717, 1.165) is 0 Å². The minimum atomic E-state index is -0.296. The lowest BCUT2D eigenvalue weighted by atomic mass is 10.7. The van der Waals surface area contributed by atoms with Crippen LogP contribution in [0.2, 0.25) is 0 Å². The average Bonchev–Trinajstić information content (AvgIpc) is 1.86. The Morgan fingerprint density at radius 1 is 1.30 bits per heavy atom. The maximum atomic E-state index is 9.91. The van der Waals surface area contributed by atoms with Crippen molar-refractivity contribution in [2.45, 2.75) is 0 Å². The van der Waals surface area contributed by atoms with E-state index in [9.17, 15) is 4.79 Å². The number of hydrogen-bond acceptors (Lipinski definition) is 2. The Morgan fingerprint density at radius 2 is 1.80 bits per heavy atom. The Hall–Kier alpha value is 0.1000. The second kappa shape index (κ2) is 11.8. The van der Waals surface area contributed by atoms with E-state index in [1.807, 2.05) is 0 Å². The molecule has 0 unspecified atom stereocenters. The lowest BCUT2D eigenvalue weighted by molar-refractivity contribution is 0.178. The van der Waals surface area contributed by atoms with Crippen molar-refractivity contribution in [3.63, 3.8) is 0 Å². The zero-order valence-electron chi connectivity index (χ0n) is 4.96. The van der Waals surface area contributed by atoms with Crippen LogP contribution in [0.15, 0.2) is 0 Å². The molecule has 0 aromatic carbocycles. The highest BCUT2D eigenvalue weighted by molar-refractivity contribution is 5.86. The molecule has 1 saturated heterocycles. The molecule has 1 fully saturated rings. The Balaban J connectivity index is -0.0000000450. The minimum absolute atomic E-state index is 0. The number of halogens is 3. The average molecular weight is 214 g/mol. The Labute approximate surface area is 77.2 Å². The molecule has 4 nitrogen and oxygen atoms in total. The van der Waals surface area contributed by atoms with Crippen LogP contribution in [0.1, 0.15) is 0 Å². The van der Waals surface area contributed by atoms with Gasteiger partial charge in [-0.15, -0.1) is 37.2 Å². The molecule has 1 rings (SSSR count). The maximum Gasteiger partial charge on any atom is 0.407 e. The summed E-state index contributed by atoms with van der Waals surface area (Å²) in [6.45, 7) is 1.19. The molecule has 0 aromatic heterocycles. The van der Waals surface area contributed by atoms with E-state index >= 15 is 0 Å². The quantitative estimate of drug-likeness (QED) is 0.624. The highest BCUT2D eigenvalue weighted by atomic mass is 35.5. The number of ether oxygens (including phenoxy) is 1. The van der Waals surface area contributed by atoms with Gasteiger partial charge >= 0.3 is 6.09 Å². The second-order valence-corrected chi connectivity index (χ2v) is 1.06. The van der Waals surface area contributed by atoms with Crippen LogP contribution in [0.5, 0.6) is 0 Å². The molecule has 0 aliphatic carbocycles. The van der Waals surface area contributed by atoms with Crippen molar-refractivity contribution in [1.82, 2.24) is 5.32 Å². The van der Waals surface area contributed by atoms with E-state index in [1.165, 1.54) is 0 Å². The van der Waals surface area contributed by atoms with Crippen molar-refractivity contribution in [2.75, 3.05) is 13.2 Å². The van der Waals surface area contributed by atoms with Gasteiger partial charge in [0.05, 0.1) is 6.54 Å². The summed E-state index contributed by atoms with van der Waals surface area (Å²) in [5.41, 5.74) is 0. The van der Waals surface area contributed by atoms with Crippen LogP contribution in [0.25, 0.3) is 0 Å². The first-order chi connectivity index (χ1) is 2.89. The summed E-state index contributed by atoms with van der Waals surface area (Å²) in [6, 6.07) is 0. The lowest BCUT2D eigenvalue weighted by Crippen LogP contribution is -2.11. The Bertz CT molecular complexity index is 73.4. The van der Waals surface area contributed by atoms with E-state index in [1.54, 1.807) is 0 Å². The summed E-state index contributed by atoms with van der Waals surface area (Å²) in [4.78, 5) is 9.91. The summed E-state index contributed by atoms with van der Waals surface area (Å²) >= 11 is 0. The van der Waals surface area contributed by atoms with E-state index in [0.29, 0.717) is 13.2 Å². The van der Waals surface area contributed by atoms with Gasteiger partial charge in [-0.25, -0.2) is 4.79 Å². The summed E-state index contributed by atoms with van der Waals surface area (Å²) < 4.78 is 4.40. The molecule has 0 saturated carbocycles. The minimum Gasteiger partial charge on any atom is -0.448 e. The first kappa shape index (κ1) is 22.5. The van der Waals surface area contributed by atoms with Crippen LogP contribution in [-0.2, 0) is 4.74 Å². The van der Waals surface area contributed by atoms with Crippen LogP contribution < -0.4 is 5.32 Å². The molecule has 0 atom stereocenters. The lowest BCUT2D eigenvalue weighted by Gasteiger charge is -1.80. The van der Waals surface area contributed by atoms with Gasteiger partial charge in [-0.3, -0.25) is 0 Å². The number of nitrogens with one attached hydrogen (secondary N) is 1. The van der Waals surface area contributed by atoms with Gasteiger partial charge in [-0.05, 0) is 0 Å². The van der Waals surface area contributed by atoms with Crippen LogP contribution in [0.3, 0.4) is 0 Å². The molecule has 66 valence electrons. The standard InChI is InChI=1S/C3H5NO2.3ClH.H2O/c5-3-4-1-2-6-3;;;;/h1-2H2,(H,4,5);3*1H;1H2. The van der Waals surface area contributed by atoms with E-state index in [4.69, 9.17) is 0 Å². The van der Waals surface area contributed by atoms with Crippen molar-refractivity contribution in [3.8, 4) is 0 Å². The molecular weight excluding hydrogens is 204 g/mol. The third-order valence-corrected chi connectivity index (χ3v) is 0.605. The van der Waals surface area contributed by atoms with Crippen molar-refractivity contribution < 1.29 is 15.0 Å². The van der Waals surface area contributed by atoms with E-state index in [-0.39, 0.29) is 48.8 Å². The molecule has 10 heavy (non-hydrogen) atoms. The van der Waals surface area contributed by atoms with Crippen molar-refractivity contribution in [1.29, 1.82) is 0 Å². The van der Waals surface area contributed by atoms with E-state index in [2.05, 4.69) is 10.1 Å². The van der Waals surface area contributed by atoms with Crippen molar-refractivity contribution >= 4 is 43.3 Å². The largest absolute Gasteiger partial charge is 0.448 e. The number of hydrogen-bond donors (Lipinski definition) is 1. The summed E-state index contributed by atoms with van der Waals surface area (Å²) in [7, 11) is 0. The molecule has 0 spiro atoms. The smallest absolute Gasteiger partial charge is 0.407 e. The SMILES string of the molecule is Cl.Cl.Cl.O.O=C1NCCO1. The zero-order valence-corrected chi connectivity index (χ0v) is 7.40. The molecule has 1 heterocycles. The van der Waals surface area contributed by atoms with Crippen molar-refractivity contribution in [2.24, 2.45) is 0 Å². The van der Waals surface area contributed by atoms with Gasteiger partial charge < -0.3 is 15.5 Å². The number of cyclic esters (lactones) is 1. The highest BCUT2D eigenvalue weighted by Crippen LogP contribution is 1.82. The van der Waals surface area contributed by atoms with Gasteiger partial charge in [0, 0.05) is 0 Å². The Morgan fingerprint density at radius 3 is 1.90 bits per heavy atom. The van der Waals surface area contributed by atoms with Crippen LogP contribution in [0.4, 0.5) is 4.79 Å². The molecular formula is C3H10Cl3NO3. The predicted octanol–water partition coefficient (Wildman–Crippen LogP) is 0.167. The number of carbonyl (C=O) groups is 1. The molecule has 0 radical (unpaired) electrons. The van der Waals surface area contributed by atoms with Crippen LogP contribution in [0, 0.1) is 0 Å². The molecule has 0 aromatic rings. The van der Waals surface area contributed by atoms with Crippen molar-refractivity contribution in [3.05, 3.63) is 0 Å². The van der Waals surface area contributed by atoms with Gasteiger partial charge in [0.15, 0.2) is 0 Å². The summed E-state index contributed by atoms with van der Waals surface area (Å²) in [5, 5.41) is 2.46. The maximum absolute atomic E-state index is 9.91.